The van der Waals surface area contributed by atoms with Gasteiger partial charge in [-0.3, -0.25) is 4.79 Å². The summed E-state index contributed by atoms with van der Waals surface area (Å²) in [5.41, 5.74) is 1.45. The summed E-state index contributed by atoms with van der Waals surface area (Å²) in [5, 5.41) is 0. The monoisotopic (exact) mass is 246 g/mol. The van der Waals surface area contributed by atoms with Crippen LogP contribution in [0, 0.1) is 0 Å². The number of Topliss-reactive ketones (excluding diaryl/α,β-unsaturated/α-hetero) is 1. The average molecular weight is 246 g/mol. The molecule has 0 heterocycles. The minimum Gasteiger partial charge on any atom is -0.463 e. The number of hydrogen-bond donors (Lipinski definition) is 0. The first kappa shape index (κ1) is 14.2. The van der Waals surface area contributed by atoms with Gasteiger partial charge in [-0.1, -0.05) is 31.5 Å². The van der Waals surface area contributed by atoms with Gasteiger partial charge in [-0.25, -0.2) is 4.79 Å². The van der Waals surface area contributed by atoms with E-state index >= 15 is 0 Å². The maximum absolute atomic E-state index is 11.3. The molecule has 0 aliphatic rings. The number of rotatable bonds is 6. The molecule has 0 N–H and O–H groups in total. The number of benzene rings is 1. The number of ether oxygens (including phenoxy) is 1. The van der Waals surface area contributed by atoms with Crippen LogP contribution in [0.25, 0.3) is 6.08 Å². The zero-order valence-electron chi connectivity index (χ0n) is 10.8. The SMILES string of the molecule is CCCCOC(=O)/C=C/c1cccc(C(C)=O)c1. The highest BCUT2D eigenvalue weighted by Gasteiger charge is 1.99. The smallest absolute Gasteiger partial charge is 0.330 e. The molecule has 0 radical (unpaired) electrons. The van der Waals surface area contributed by atoms with Crippen molar-refractivity contribution in [1.82, 2.24) is 0 Å². The van der Waals surface area contributed by atoms with E-state index < -0.39 is 0 Å². The van der Waals surface area contributed by atoms with Crippen molar-refractivity contribution < 1.29 is 14.3 Å². The topological polar surface area (TPSA) is 43.4 Å². The van der Waals surface area contributed by atoms with E-state index in [2.05, 4.69) is 0 Å². The third-order valence-corrected chi connectivity index (χ3v) is 2.45. The van der Waals surface area contributed by atoms with Gasteiger partial charge in [0.25, 0.3) is 0 Å². The van der Waals surface area contributed by atoms with Crippen molar-refractivity contribution in [2.75, 3.05) is 6.61 Å². The van der Waals surface area contributed by atoms with Gasteiger partial charge in [0.2, 0.25) is 0 Å². The molecule has 0 saturated heterocycles. The van der Waals surface area contributed by atoms with Crippen LogP contribution in [-0.2, 0) is 9.53 Å². The largest absolute Gasteiger partial charge is 0.463 e. The maximum atomic E-state index is 11.3. The number of ketones is 1. The summed E-state index contributed by atoms with van der Waals surface area (Å²) < 4.78 is 4.99. The highest BCUT2D eigenvalue weighted by molar-refractivity contribution is 5.95. The van der Waals surface area contributed by atoms with Crippen molar-refractivity contribution in [3.8, 4) is 0 Å². The number of carbonyl (C=O) groups excluding carboxylic acids is 2. The Balaban J connectivity index is 2.58. The number of unbranched alkanes of at least 4 members (excludes halogenated alkanes) is 1. The second kappa shape index (κ2) is 7.43. The zero-order valence-corrected chi connectivity index (χ0v) is 10.8. The molecule has 0 fully saturated rings. The lowest BCUT2D eigenvalue weighted by Gasteiger charge is -2.00. The minimum absolute atomic E-state index is 0.00997. The van der Waals surface area contributed by atoms with Gasteiger partial charge in [0.1, 0.15) is 0 Å². The predicted octanol–water partition coefficient (Wildman–Crippen LogP) is 3.25. The molecule has 0 bridgehead atoms. The Morgan fingerprint density at radius 3 is 2.78 bits per heavy atom. The molecule has 0 saturated carbocycles. The van der Waals surface area contributed by atoms with E-state index in [1.807, 2.05) is 13.0 Å². The third-order valence-electron chi connectivity index (χ3n) is 2.45. The van der Waals surface area contributed by atoms with Crippen LogP contribution in [0.2, 0.25) is 0 Å². The summed E-state index contributed by atoms with van der Waals surface area (Å²) in [7, 11) is 0. The molecule has 1 rings (SSSR count). The molecule has 96 valence electrons. The molecular weight excluding hydrogens is 228 g/mol. The van der Waals surface area contributed by atoms with E-state index in [4.69, 9.17) is 4.74 Å². The van der Waals surface area contributed by atoms with Crippen molar-refractivity contribution in [2.24, 2.45) is 0 Å². The second-order valence-corrected chi connectivity index (χ2v) is 4.04. The lowest BCUT2D eigenvalue weighted by atomic mass is 10.1. The molecule has 1 aromatic rings. The fourth-order valence-corrected chi connectivity index (χ4v) is 1.39. The summed E-state index contributed by atoms with van der Waals surface area (Å²) in [5.74, 6) is -0.340. The van der Waals surface area contributed by atoms with Crippen LogP contribution in [-0.4, -0.2) is 18.4 Å². The van der Waals surface area contributed by atoms with Gasteiger partial charge in [-0.2, -0.15) is 0 Å². The molecule has 0 aromatic heterocycles. The predicted molar refractivity (Wildman–Crippen MR) is 71.3 cm³/mol. The van der Waals surface area contributed by atoms with E-state index in [1.54, 1.807) is 24.3 Å². The normalized spacial score (nSPS) is 10.6. The standard InChI is InChI=1S/C15H18O3/c1-3-4-10-18-15(17)9-8-13-6-5-7-14(11-13)12(2)16/h5-9,11H,3-4,10H2,1-2H3/b9-8+. The molecule has 3 nitrogen and oxygen atoms in total. The van der Waals surface area contributed by atoms with Crippen LogP contribution in [0.4, 0.5) is 0 Å². The van der Waals surface area contributed by atoms with Gasteiger partial charge in [0.05, 0.1) is 6.61 Å². The highest BCUT2D eigenvalue weighted by atomic mass is 16.5. The molecule has 0 unspecified atom stereocenters. The van der Waals surface area contributed by atoms with E-state index in [0.717, 1.165) is 18.4 Å². The van der Waals surface area contributed by atoms with Gasteiger partial charge >= 0.3 is 5.97 Å². The molecule has 1 aromatic carbocycles. The Hall–Kier alpha value is -1.90. The van der Waals surface area contributed by atoms with E-state index in [-0.39, 0.29) is 11.8 Å². The van der Waals surface area contributed by atoms with Gasteiger partial charge in [0.15, 0.2) is 5.78 Å². The lowest BCUT2D eigenvalue weighted by Crippen LogP contribution is -2.01. The number of esters is 1. The van der Waals surface area contributed by atoms with Gasteiger partial charge in [-0.05, 0) is 31.1 Å². The quantitative estimate of drug-likeness (QED) is 0.335. The summed E-state index contributed by atoms with van der Waals surface area (Å²) in [4.78, 5) is 22.5. The highest BCUT2D eigenvalue weighted by Crippen LogP contribution is 2.08. The third kappa shape index (κ3) is 4.95. The Kier molecular flexibility index (Phi) is 5.85. The average Bonchev–Trinajstić information content (AvgIpc) is 2.37. The summed E-state index contributed by atoms with van der Waals surface area (Å²) >= 11 is 0. The number of carbonyl (C=O) groups is 2. The van der Waals surface area contributed by atoms with Crippen molar-refractivity contribution in [1.29, 1.82) is 0 Å². The van der Waals surface area contributed by atoms with Crippen molar-refractivity contribution in [2.45, 2.75) is 26.7 Å². The molecule has 0 spiro atoms. The second-order valence-electron chi connectivity index (χ2n) is 4.04. The summed E-state index contributed by atoms with van der Waals surface area (Å²) in [6.45, 7) is 4.01. The summed E-state index contributed by atoms with van der Waals surface area (Å²) in [6, 6.07) is 7.12. The number of hydrogen-bond acceptors (Lipinski definition) is 3. The molecule has 3 heteroatoms. The van der Waals surface area contributed by atoms with Crippen LogP contribution in [0.15, 0.2) is 30.3 Å². The first-order valence-corrected chi connectivity index (χ1v) is 6.09. The van der Waals surface area contributed by atoms with Crippen LogP contribution < -0.4 is 0 Å². The first-order chi connectivity index (χ1) is 8.63. The Bertz CT molecular complexity index is 447. The Labute approximate surface area is 107 Å². The van der Waals surface area contributed by atoms with Gasteiger partial charge < -0.3 is 4.74 Å². The fourth-order valence-electron chi connectivity index (χ4n) is 1.39. The van der Waals surface area contributed by atoms with Crippen LogP contribution in [0.3, 0.4) is 0 Å². The van der Waals surface area contributed by atoms with Crippen molar-refractivity contribution in [3.63, 3.8) is 0 Å². The summed E-state index contributed by atoms with van der Waals surface area (Å²) in [6.07, 6.45) is 4.91. The molecule has 0 aliphatic carbocycles. The fraction of sp³-hybridized carbons (Fsp3) is 0.333. The van der Waals surface area contributed by atoms with Crippen molar-refractivity contribution in [3.05, 3.63) is 41.5 Å². The maximum Gasteiger partial charge on any atom is 0.330 e. The molecular formula is C15H18O3. The van der Waals surface area contributed by atoms with E-state index in [1.165, 1.54) is 13.0 Å². The van der Waals surface area contributed by atoms with Gasteiger partial charge in [0, 0.05) is 11.6 Å². The van der Waals surface area contributed by atoms with Crippen molar-refractivity contribution >= 4 is 17.8 Å². The molecule has 0 atom stereocenters. The van der Waals surface area contributed by atoms with E-state index in [9.17, 15) is 9.59 Å². The first-order valence-electron chi connectivity index (χ1n) is 6.09. The molecule has 18 heavy (non-hydrogen) atoms. The lowest BCUT2D eigenvalue weighted by molar-refractivity contribution is -0.137. The van der Waals surface area contributed by atoms with Crippen LogP contribution >= 0.6 is 0 Å². The Morgan fingerprint density at radius 1 is 1.33 bits per heavy atom. The molecule has 0 aliphatic heterocycles. The Morgan fingerprint density at radius 2 is 2.11 bits per heavy atom. The molecule has 0 amide bonds. The van der Waals surface area contributed by atoms with Gasteiger partial charge in [-0.15, -0.1) is 0 Å². The zero-order chi connectivity index (χ0) is 13.4. The van der Waals surface area contributed by atoms with Crippen LogP contribution in [0.5, 0.6) is 0 Å². The minimum atomic E-state index is -0.350. The van der Waals surface area contributed by atoms with Crippen LogP contribution in [0.1, 0.15) is 42.6 Å². The van der Waals surface area contributed by atoms with E-state index in [0.29, 0.717) is 12.2 Å².